The van der Waals surface area contributed by atoms with Crippen LogP contribution in [0.15, 0.2) is 30.7 Å². The van der Waals surface area contributed by atoms with Crippen LogP contribution in [-0.2, 0) is 4.74 Å². The Morgan fingerprint density at radius 2 is 2.26 bits per heavy atom. The van der Waals surface area contributed by atoms with E-state index in [1.54, 1.807) is 0 Å². The number of aromatic nitrogens is 3. The second kappa shape index (κ2) is 5.81. The predicted molar refractivity (Wildman–Crippen MR) is 72.9 cm³/mol. The normalized spacial score (nSPS) is 19.3. The summed E-state index contributed by atoms with van der Waals surface area (Å²) >= 11 is 0. The lowest BCUT2D eigenvalue weighted by molar-refractivity contribution is 0.0806. The highest BCUT2D eigenvalue weighted by molar-refractivity contribution is 5.57. The number of ether oxygens (including phenoxy) is 1. The van der Waals surface area contributed by atoms with Crippen molar-refractivity contribution in [1.82, 2.24) is 20.3 Å². The Hall–Kier alpha value is -1.92. The highest BCUT2D eigenvalue weighted by Crippen LogP contribution is 2.14. The maximum Gasteiger partial charge on any atom is 0.222 e. The van der Waals surface area contributed by atoms with Crippen LogP contribution in [0.1, 0.15) is 0 Å². The molecule has 0 aliphatic carbocycles. The summed E-state index contributed by atoms with van der Waals surface area (Å²) in [4.78, 5) is 11.7. The van der Waals surface area contributed by atoms with Crippen LogP contribution in [0, 0.1) is 0 Å². The Balaban J connectivity index is 1.57. The van der Waals surface area contributed by atoms with Gasteiger partial charge in [0.05, 0.1) is 13.2 Å². The van der Waals surface area contributed by atoms with Crippen LogP contribution < -0.4 is 10.6 Å². The standard InChI is InChI=1S/C13H17N5O/c1-2-12(15-3-1)10-6-16-13(17-7-10)18-8-11-9-19-5-4-14-11/h1-3,6-7,11,14-15H,4-5,8-9H2,(H,16,17,18). The first-order valence-corrected chi connectivity index (χ1v) is 6.42. The summed E-state index contributed by atoms with van der Waals surface area (Å²) in [6.45, 7) is 3.19. The molecule has 1 saturated heterocycles. The molecule has 0 aromatic carbocycles. The molecule has 0 radical (unpaired) electrons. The molecule has 2 aromatic rings. The summed E-state index contributed by atoms with van der Waals surface area (Å²) in [5.74, 6) is 0.641. The molecule has 1 unspecified atom stereocenters. The Morgan fingerprint density at radius 1 is 1.37 bits per heavy atom. The summed E-state index contributed by atoms with van der Waals surface area (Å²) < 4.78 is 5.39. The van der Waals surface area contributed by atoms with Gasteiger partial charge >= 0.3 is 0 Å². The molecule has 19 heavy (non-hydrogen) atoms. The molecular weight excluding hydrogens is 242 g/mol. The number of nitrogens with one attached hydrogen (secondary N) is 3. The zero-order valence-corrected chi connectivity index (χ0v) is 10.6. The van der Waals surface area contributed by atoms with Gasteiger partial charge in [-0.3, -0.25) is 0 Å². The van der Waals surface area contributed by atoms with Gasteiger partial charge in [-0.1, -0.05) is 0 Å². The molecule has 1 aliphatic rings. The first-order valence-electron chi connectivity index (χ1n) is 6.42. The molecule has 2 aromatic heterocycles. The summed E-state index contributed by atoms with van der Waals surface area (Å²) in [5, 5.41) is 6.59. The van der Waals surface area contributed by atoms with Gasteiger partial charge in [0.25, 0.3) is 0 Å². The van der Waals surface area contributed by atoms with Crippen molar-refractivity contribution in [2.75, 3.05) is 31.6 Å². The molecule has 3 rings (SSSR count). The first kappa shape index (κ1) is 12.1. The number of hydrogen-bond donors (Lipinski definition) is 3. The van der Waals surface area contributed by atoms with E-state index in [1.807, 2.05) is 30.7 Å². The largest absolute Gasteiger partial charge is 0.378 e. The van der Waals surface area contributed by atoms with E-state index in [0.717, 1.165) is 37.6 Å². The molecule has 6 heteroatoms. The van der Waals surface area contributed by atoms with E-state index < -0.39 is 0 Å². The van der Waals surface area contributed by atoms with E-state index in [0.29, 0.717) is 12.0 Å². The number of anilines is 1. The van der Waals surface area contributed by atoms with Gasteiger partial charge in [-0.05, 0) is 12.1 Å². The van der Waals surface area contributed by atoms with E-state index in [2.05, 4.69) is 25.6 Å². The predicted octanol–water partition coefficient (Wildman–Crippen LogP) is 0.872. The lowest BCUT2D eigenvalue weighted by atomic mass is 10.2. The van der Waals surface area contributed by atoms with Gasteiger partial charge in [0, 0.05) is 49.0 Å². The quantitative estimate of drug-likeness (QED) is 0.759. The minimum Gasteiger partial charge on any atom is -0.378 e. The number of hydrogen-bond acceptors (Lipinski definition) is 5. The average molecular weight is 259 g/mol. The van der Waals surface area contributed by atoms with Crippen LogP contribution in [-0.4, -0.2) is 47.3 Å². The molecule has 1 aliphatic heterocycles. The van der Waals surface area contributed by atoms with Crippen LogP contribution >= 0.6 is 0 Å². The van der Waals surface area contributed by atoms with Crippen LogP contribution in [0.2, 0.25) is 0 Å². The van der Waals surface area contributed by atoms with Crippen LogP contribution in [0.3, 0.4) is 0 Å². The Morgan fingerprint density at radius 3 is 2.95 bits per heavy atom. The molecule has 1 fully saturated rings. The van der Waals surface area contributed by atoms with Crippen molar-refractivity contribution in [3.8, 4) is 11.3 Å². The minimum absolute atomic E-state index is 0.320. The molecule has 3 N–H and O–H groups in total. The first-order chi connectivity index (χ1) is 9.42. The summed E-state index contributed by atoms with van der Waals surface area (Å²) in [7, 11) is 0. The highest BCUT2D eigenvalue weighted by Gasteiger charge is 2.12. The fraction of sp³-hybridized carbons (Fsp3) is 0.385. The van der Waals surface area contributed by atoms with Crippen molar-refractivity contribution in [3.05, 3.63) is 30.7 Å². The number of morpholine rings is 1. The van der Waals surface area contributed by atoms with Gasteiger partial charge in [-0.25, -0.2) is 9.97 Å². The fourth-order valence-corrected chi connectivity index (χ4v) is 2.03. The third-order valence-corrected chi connectivity index (χ3v) is 3.07. The molecular formula is C13H17N5O. The van der Waals surface area contributed by atoms with E-state index in [4.69, 9.17) is 4.74 Å². The van der Waals surface area contributed by atoms with Crippen LogP contribution in [0.25, 0.3) is 11.3 Å². The number of nitrogens with zero attached hydrogens (tertiary/aromatic N) is 2. The zero-order chi connectivity index (χ0) is 12.9. The Kier molecular flexibility index (Phi) is 3.71. The lowest BCUT2D eigenvalue weighted by Gasteiger charge is -2.23. The van der Waals surface area contributed by atoms with Gasteiger partial charge in [0.15, 0.2) is 0 Å². The maximum atomic E-state index is 5.39. The SMILES string of the molecule is c1c[nH]c(-c2cnc(NCC3COCCN3)nc2)c1. The van der Waals surface area contributed by atoms with Gasteiger partial charge in [0.2, 0.25) is 5.95 Å². The number of aromatic amines is 1. The minimum atomic E-state index is 0.320. The van der Waals surface area contributed by atoms with Crippen molar-refractivity contribution < 1.29 is 4.74 Å². The molecule has 0 spiro atoms. The Bertz CT molecular complexity index is 490. The van der Waals surface area contributed by atoms with E-state index >= 15 is 0 Å². The maximum absolute atomic E-state index is 5.39. The smallest absolute Gasteiger partial charge is 0.222 e. The molecule has 0 amide bonds. The summed E-state index contributed by atoms with van der Waals surface area (Å²) in [6.07, 6.45) is 5.51. The van der Waals surface area contributed by atoms with E-state index in [1.165, 1.54) is 0 Å². The zero-order valence-electron chi connectivity index (χ0n) is 10.6. The van der Waals surface area contributed by atoms with Gasteiger partial charge in [-0.15, -0.1) is 0 Å². The molecule has 3 heterocycles. The fourth-order valence-electron chi connectivity index (χ4n) is 2.03. The van der Waals surface area contributed by atoms with Crippen molar-refractivity contribution in [1.29, 1.82) is 0 Å². The van der Waals surface area contributed by atoms with Crippen molar-refractivity contribution in [2.45, 2.75) is 6.04 Å². The number of rotatable bonds is 4. The van der Waals surface area contributed by atoms with Crippen LogP contribution in [0.5, 0.6) is 0 Å². The van der Waals surface area contributed by atoms with Crippen LogP contribution in [0.4, 0.5) is 5.95 Å². The topological polar surface area (TPSA) is 74.9 Å². The monoisotopic (exact) mass is 259 g/mol. The molecule has 0 saturated carbocycles. The second-order valence-corrected chi connectivity index (χ2v) is 4.49. The summed E-state index contributed by atoms with van der Waals surface area (Å²) in [6, 6.07) is 4.27. The van der Waals surface area contributed by atoms with Gasteiger partial charge in [-0.2, -0.15) is 0 Å². The average Bonchev–Trinajstić information content (AvgIpc) is 3.01. The second-order valence-electron chi connectivity index (χ2n) is 4.49. The summed E-state index contributed by atoms with van der Waals surface area (Å²) in [5.41, 5.74) is 2.00. The molecule has 100 valence electrons. The van der Waals surface area contributed by atoms with Gasteiger partial charge < -0.3 is 20.4 Å². The third-order valence-electron chi connectivity index (χ3n) is 3.07. The van der Waals surface area contributed by atoms with E-state index in [9.17, 15) is 0 Å². The number of H-pyrrole nitrogens is 1. The third kappa shape index (κ3) is 3.10. The van der Waals surface area contributed by atoms with Crippen molar-refractivity contribution in [2.24, 2.45) is 0 Å². The van der Waals surface area contributed by atoms with Crippen molar-refractivity contribution in [3.63, 3.8) is 0 Å². The molecule has 6 nitrogen and oxygen atoms in total. The molecule has 1 atom stereocenters. The lowest BCUT2D eigenvalue weighted by Crippen LogP contribution is -2.45. The Labute approximate surface area is 111 Å². The van der Waals surface area contributed by atoms with Crippen molar-refractivity contribution >= 4 is 5.95 Å². The highest BCUT2D eigenvalue weighted by atomic mass is 16.5. The van der Waals surface area contributed by atoms with E-state index in [-0.39, 0.29) is 0 Å². The molecule has 0 bridgehead atoms. The van der Waals surface area contributed by atoms with Gasteiger partial charge in [0.1, 0.15) is 0 Å².